The second kappa shape index (κ2) is 5.05. The molecule has 0 saturated carbocycles. The third kappa shape index (κ3) is 2.26. The monoisotopic (exact) mass is 276 g/mol. The van der Waals surface area contributed by atoms with Gasteiger partial charge in [-0.1, -0.05) is 42.5 Å². The van der Waals surface area contributed by atoms with Crippen LogP contribution in [-0.2, 0) is 19.4 Å². The summed E-state index contributed by atoms with van der Waals surface area (Å²) in [6.45, 7) is 3.22. The van der Waals surface area contributed by atoms with Gasteiger partial charge < -0.3 is 10.3 Å². The SMILES string of the molecule is CC1Cc2[nH]c3cccc(Cc4ccccc4)c3c2CN1. The van der Waals surface area contributed by atoms with Crippen LogP contribution in [0.4, 0.5) is 0 Å². The first-order chi connectivity index (χ1) is 10.3. The van der Waals surface area contributed by atoms with Gasteiger partial charge in [0.2, 0.25) is 0 Å². The van der Waals surface area contributed by atoms with Crippen LogP contribution in [0.25, 0.3) is 10.9 Å². The van der Waals surface area contributed by atoms with Crippen LogP contribution < -0.4 is 5.32 Å². The molecule has 1 atom stereocenters. The third-order valence-electron chi connectivity index (χ3n) is 4.48. The highest BCUT2D eigenvalue weighted by Crippen LogP contribution is 2.30. The summed E-state index contributed by atoms with van der Waals surface area (Å²) in [6.07, 6.45) is 2.09. The van der Waals surface area contributed by atoms with Crippen LogP contribution in [0.5, 0.6) is 0 Å². The molecule has 0 saturated heterocycles. The van der Waals surface area contributed by atoms with Crippen molar-refractivity contribution >= 4 is 10.9 Å². The van der Waals surface area contributed by atoms with Crippen molar-refractivity contribution in [2.24, 2.45) is 0 Å². The van der Waals surface area contributed by atoms with Gasteiger partial charge in [0.15, 0.2) is 0 Å². The molecule has 0 fully saturated rings. The molecular weight excluding hydrogens is 256 g/mol. The Morgan fingerprint density at radius 3 is 2.76 bits per heavy atom. The molecule has 1 unspecified atom stereocenters. The fraction of sp³-hybridized carbons (Fsp3) is 0.263. The van der Waals surface area contributed by atoms with Crippen molar-refractivity contribution in [2.45, 2.75) is 32.4 Å². The lowest BCUT2D eigenvalue weighted by Crippen LogP contribution is -2.32. The van der Waals surface area contributed by atoms with Crippen molar-refractivity contribution in [3.63, 3.8) is 0 Å². The molecule has 1 aliphatic heterocycles. The molecule has 21 heavy (non-hydrogen) atoms. The summed E-state index contributed by atoms with van der Waals surface area (Å²) >= 11 is 0. The molecule has 4 rings (SSSR count). The number of aromatic nitrogens is 1. The Morgan fingerprint density at radius 2 is 1.90 bits per heavy atom. The molecule has 3 aromatic rings. The van der Waals surface area contributed by atoms with Crippen molar-refractivity contribution in [1.29, 1.82) is 0 Å². The van der Waals surface area contributed by atoms with E-state index in [0.717, 1.165) is 19.4 Å². The zero-order valence-corrected chi connectivity index (χ0v) is 12.3. The quantitative estimate of drug-likeness (QED) is 0.732. The Bertz CT molecular complexity index is 771. The second-order valence-electron chi connectivity index (χ2n) is 6.07. The molecule has 106 valence electrons. The first-order valence-electron chi connectivity index (χ1n) is 7.70. The standard InChI is InChI=1S/C19H20N2/c1-13-10-18-16(12-20-13)19-15(8-5-9-17(19)21-18)11-14-6-3-2-4-7-14/h2-9,13,20-21H,10-12H2,1H3. The Morgan fingerprint density at radius 1 is 1.05 bits per heavy atom. The van der Waals surface area contributed by atoms with Crippen LogP contribution in [0.1, 0.15) is 29.3 Å². The van der Waals surface area contributed by atoms with Gasteiger partial charge in [0.1, 0.15) is 0 Å². The highest BCUT2D eigenvalue weighted by Gasteiger charge is 2.20. The minimum Gasteiger partial charge on any atom is -0.358 e. The number of rotatable bonds is 2. The molecule has 1 aliphatic rings. The summed E-state index contributed by atoms with van der Waals surface area (Å²) in [5, 5.41) is 5.01. The van der Waals surface area contributed by atoms with Crippen LogP contribution >= 0.6 is 0 Å². The molecule has 2 heteroatoms. The summed E-state index contributed by atoms with van der Waals surface area (Å²) in [7, 11) is 0. The van der Waals surface area contributed by atoms with E-state index in [2.05, 4.69) is 65.8 Å². The molecule has 2 aromatic carbocycles. The first kappa shape index (κ1) is 12.7. The van der Waals surface area contributed by atoms with E-state index in [0.29, 0.717) is 6.04 Å². The average molecular weight is 276 g/mol. The largest absolute Gasteiger partial charge is 0.358 e. The van der Waals surface area contributed by atoms with E-state index in [1.807, 2.05) is 0 Å². The normalized spacial score (nSPS) is 17.9. The fourth-order valence-electron chi connectivity index (χ4n) is 3.44. The van der Waals surface area contributed by atoms with Gasteiger partial charge in [-0.3, -0.25) is 0 Å². The van der Waals surface area contributed by atoms with Gasteiger partial charge in [0.05, 0.1) is 0 Å². The van der Waals surface area contributed by atoms with Crippen LogP contribution in [0.2, 0.25) is 0 Å². The van der Waals surface area contributed by atoms with E-state index in [1.54, 1.807) is 0 Å². The van der Waals surface area contributed by atoms with E-state index in [4.69, 9.17) is 0 Å². The van der Waals surface area contributed by atoms with Crippen molar-refractivity contribution in [2.75, 3.05) is 0 Å². The average Bonchev–Trinajstić information content (AvgIpc) is 2.86. The van der Waals surface area contributed by atoms with E-state index < -0.39 is 0 Å². The molecular formula is C19H20N2. The minimum atomic E-state index is 0.558. The van der Waals surface area contributed by atoms with Gasteiger partial charge in [0.25, 0.3) is 0 Å². The Balaban J connectivity index is 1.82. The van der Waals surface area contributed by atoms with Gasteiger partial charge in [-0.05, 0) is 36.1 Å². The predicted octanol–water partition coefficient (Wildman–Crippen LogP) is 3.79. The molecule has 0 radical (unpaired) electrons. The van der Waals surface area contributed by atoms with Gasteiger partial charge in [-0.15, -0.1) is 0 Å². The summed E-state index contributed by atoms with van der Waals surface area (Å²) in [4.78, 5) is 3.63. The van der Waals surface area contributed by atoms with E-state index in [1.165, 1.54) is 33.3 Å². The molecule has 0 bridgehead atoms. The van der Waals surface area contributed by atoms with E-state index >= 15 is 0 Å². The number of hydrogen-bond acceptors (Lipinski definition) is 1. The van der Waals surface area contributed by atoms with Crippen LogP contribution in [-0.4, -0.2) is 11.0 Å². The summed E-state index contributed by atoms with van der Waals surface area (Å²) < 4.78 is 0. The zero-order chi connectivity index (χ0) is 14.2. The number of fused-ring (bicyclic) bond motifs is 3. The van der Waals surface area contributed by atoms with Crippen LogP contribution in [0.3, 0.4) is 0 Å². The maximum atomic E-state index is 3.63. The number of nitrogens with one attached hydrogen (secondary N) is 2. The number of aromatic amines is 1. The fourth-order valence-corrected chi connectivity index (χ4v) is 3.44. The summed E-state index contributed by atoms with van der Waals surface area (Å²) in [5.74, 6) is 0. The molecule has 2 nitrogen and oxygen atoms in total. The smallest absolute Gasteiger partial charge is 0.0462 e. The molecule has 0 aliphatic carbocycles. The first-order valence-corrected chi connectivity index (χ1v) is 7.70. The van der Waals surface area contributed by atoms with Crippen LogP contribution in [0, 0.1) is 0 Å². The topological polar surface area (TPSA) is 27.8 Å². The highest BCUT2D eigenvalue weighted by atomic mass is 14.9. The van der Waals surface area contributed by atoms with E-state index in [-0.39, 0.29) is 0 Å². The van der Waals surface area contributed by atoms with E-state index in [9.17, 15) is 0 Å². The lowest BCUT2D eigenvalue weighted by atomic mass is 9.96. The molecule has 1 aromatic heterocycles. The summed E-state index contributed by atoms with van der Waals surface area (Å²) in [6, 6.07) is 17.9. The van der Waals surface area contributed by atoms with Gasteiger partial charge in [-0.2, -0.15) is 0 Å². The second-order valence-corrected chi connectivity index (χ2v) is 6.07. The van der Waals surface area contributed by atoms with Crippen LogP contribution in [0.15, 0.2) is 48.5 Å². The van der Waals surface area contributed by atoms with Gasteiger partial charge >= 0.3 is 0 Å². The third-order valence-corrected chi connectivity index (χ3v) is 4.48. The highest BCUT2D eigenvalue weighted by molar-refractivity contribution is 5.88. The van der Waals surface area contributed by atoms with Gasteiger partial charge in [0, 0.05) is 35.6 Å². The minimum absolute atomic E-state index is 0.558. The number of benzene rings is 2. The van der Waals surface area contributed by atoms with Crippen molar-refractivity contribution < 1.29 is 0 Å². The van der Waals surface area contributed by atoms with Crippen molar-refractivity contribution in [3.05, 3.63) is 70.9 Å². The van der Waals surface area contributed by atoms with Crippen molar-refractivity contribution in [3.8, 4) is 0 Å². The Kier molecular flexibility index (Phi) is 3.04. The maximum absolute atomic E-state index is 3.63. The maximum Gasteiger partial charge on any atom is 0.0462 e. The lowest BCUT2D eigenvalue weighted by molar-refractivity contribution is 0.511. The molecule has 2 heterocycles. The molecule has 0 amide bonds. The zero-order valence-electron chi connectivity index (χ0n) is 12.3. The summed E-state index contributed by atoms with van der Waals surface area (Å²) in [5.41, 5.74) is 6.96. The number of hydrogen-bond donors (Lipinski definition) is 2. The molecule has 2 N–H and O–H groups in total. The number of H-pyrrole nitrogens is 1. The van der Waals surface area contributed by atoms with Gasteiger partial charge in [-0.25, -0.2) is 0 Å². The Labute approximate surface area is 125 Å². The molecule has 0 spiro atoms. The Hall–Kier alpha value is -2.06. The lowest BCUT2D eigenvalue weighted by Gasteiger charge is -2.20. The predicted molar refractivity (Wildman–Crippen MR) is 87.6 cm³/mol. The van der Waals surface area contributed by atoms with Crippen molar-refractivity contribution in [1.82, 2.24) is 10.3 Å².